The number of allylic oxidation sites excluding steroid dienone is 1. The highest BCUT2D eigenvalue weighted by Crippen LogP contribution is 2.23. The van der Waals surface area contributed by atoms with Gasteiger partial charge in [-0.25, -0.2) is 0 Å². The number of β-lactam (4-membered cyclic amide) rings is 1. The summed E-state index contributed by atoms with van der Waals surface area (Å²) in [7, 11) is 0. The summed E-state index contributed by atoms with van der Waals surface area (Å²) in [5, 5.41) is 0. The highest BCUT2D eigenvalue weighted by Gasteiger charge is 2.34. The van der Waals surface area contributed by atoms with E-state index in [1.165, 1.54) is 5.56 Å². The molecule has 0 saturated carbocycles. The molecule has 1 atom stereocenters. The number of hydrogen-bond acceptors (Lipinski definition) is 1. The molecule has 1 aliphatic heterocycles. The molecule has 0 bridgehead atoms. The predicted molar refractivity (Wildman–Crippen MR) is 82.1 cm³/mol. The van der Waals surface area contributed by atoms with Crippen molar-refractivity contribution < 1.29 is 4.79 Å². The first-order valence-electron chi connectivity index (χ1n) is 7.23. The maximum atomic E-state index is 11.7. The topological polar surface area (TPSA) is 20.3 Å². The molecule has 0 aliphatic carbocycles. The number of carbonyl (C=O) groups is 1. The zero-order chi connectivity index (χ0) is 14.4. The highest BCUT2D eigenvalue weighted by atomic mass is 16.2. The second-order valence-electron chi connectivity index (χ2n) is 5.22. The molecule has 1 amide bonds. The number of nitrogens with zero attached hydrogens (tertiary/aromatic N) is 1. The summed E-state index contributed by atoms with van der Waals surface area (Å²) < 4.78 is 0. The summed E-state index contributed by atoms with van der Waals surface area (Å²) in [5.41, 5.74) is 2.29. The third-order valence-electron chi connectivity index (χ3n) is 3.72. The fourth-order valence-electron chi connectivity index (χ4n) is 2.55. The van der Waals surface area contributed by atoms with Crippen LogP contribution in [0.2, 0.25) is 0 Å². The SMILES string of the molecule is C#C/C(=C\CN1C(=O)CC1Cc1ccccc1)CCC. The minimum atomic E-state index is 0.232. The Kier molecular flexibility index (Phi) is 5.01. The van der Waals surface area contributed by atoms with Gasteiger partial charge in [-0.15, -0.1) is 6.42 Å². The third kappa shape index (κ3) is 3.51. The van der Waals surface area contributed by atoms with E-state index in [-0.39, 0.29) is 5.91 Å². The van der Waals surface area contributed by atoms with Crippen LogP contribution in [0.15, 0.2) is 42.0 Å². The Balaban J connectivity index is 1.93. The molecule has 1 aromatic rings. The molecule has 1 aliphatic rings. The number of hydrogen-bond donors (Lipinski definition) is 0. The smallest absolute Gasteiger partial charge is 0.225 e. The van der Waals surface area contributed by atoms with Crippen molar-refractivity contribution in [1.29, 1.82) is 0 Å². The molecule has 1 fully saturated rings. The monoisotopic (exact) mass is 267 g/mol. The van der Waals surface area contributed by atoms with Crippen molar-refractivity contribution >= 4 is 5.91 Å². The number of amides is 1. The van der Waals surface area contributed by atoms with E-state index >= 15 is 0 Å². The molecule has 2 heteroatoms. The van der Waals surface area contributed by atoms with Crippen LogP contribution in [-0.4, -0.2) is 23.4 Å². The largest absolute Gasteiger partial charge is 0.335 e. The third-order valence-corrected chi connectivity index (χ3v) is 3.72. The summed E-state index contributed by atoms with van der Waals surface area (Å²) >= 11 is 0. The van der Waals surface area contributed by atoms with Gasteiger partial charge in [0, 0.05) is 19.0 Å². The maximum absolute atomic E-state index is 11.7. The van der Waals surface area contributed by atoms with Gasteiger partial charge in [0.2, 0.25) is 5.91 Å². The maximum Gasteiger partial charge on any atom is 0.225 e. The van der Waals surface area contributed by atoms with Crippen LogP contribution in [0.3, 0.4) is 0 Å². The van der Waals surface area contributed by atoms with E-state index in [1.54, 1.807) is 0 Å². The lowest BCUT2D eigenvalue weighted by molar-refractivity contribution is -0.144. The summed E-state index contributed by atoms with van der Waals surface area (Å²) in [5.74, 6) is 2.94. The highest BCUT2D eigenvalue weighted by molar-refractivity contribution is 5.83. The van der Waals surface area contributed by atoms with Crippen LogP contribution in [0.25, 0.3) is 0 Å². The molecule has 0 spiro atoms. The van der Waals surface area contributed by atoms with Crippen LogP contribution in [0.5, 0.6) is 0 Å². The van der Waals surface area contributed by atoms with E-state index in [9.17, 15) is 4.79 Å². The predicted octanol–water partition coefficient (Wildman–Crippen LogP) is 3.19. The summed E-state index contributed by atoms with van der Waals surface area (Å²) in [6, 6.07) is 10.6. The lowest BCUT2D eigenvalue weighted by Gasteiger charge is -2.40. The van der Waals surface area contributed by atoms with E-state index in [1.807, 2.05) is 29.2 Å². The second kappa shape index (κ2) is 6.96. The Labute approximate surface area is 121 Å². The Morgan fingerprint density at radius 2 is 2.20 bits per heavy atom. The Morgan fingerprint density at radius 3 is 2.80 bits per heavy atom. The molecule has 1 aromatic carbocycles. The van der Waals surface area contributed by atoms with Gasteiger partial charge in [-0.1, -0.05) is 55.7 Å². The zero-order valence-electron chi connectivity index (χ0n) is 12.0. The average molecular weight is 267 g/mol. The number of carbonyl (C=O) groups excluding carboxylic acids is 1. The van der Waals surface area contributed by atoms with E-state index in [0.29, 0.717) is 19.0 Å². The van der Waals surface area contributed by atoms with Gasteiger partial charge in [0.1, 0.15) is 0 Å². The van der Waals surface area contributed by atoms with E-state index in [4.69, 9.17) is 6.42 Å². The lowest BCUT2D eigenvalue weighted by Crippen LogP contribution is -2.53. The molecular formula is C18H21NO. The molecule has 1 saturated heterocycles. The number of terminal acetylenes is 1. The molecule has 2 rings (SSSR count). The normalized spacial score (nSPS) is 18.6. The lowest BCUT2D eigenvalue weighted by atomic mass is 9.94. The van der Waals surface area contributed by atoms with Crippen molar-refractivity contribution in [1.82, 2.24) is 4.90 Å². The van der Waals surface area contributed by atoms with Gasteiger partial charge in [-0.3, -0.25) is 4.79 Å². The van der Waals surface area contributed by atoms with Gasteiger partial charge < -0.3 is 4.90 Å². The van der Waals surface area contributed by atoms with Crippen LogP contribution >= 0.6 is 0 Å². The first-order chi connectivity index (χ1) is 9.74. The van der Waals surface area contributed by atoms with E-state index in [0.717, 1.165) is 24.8 Å². The molecule has 2 nitrogen and oxygen atoms in total. The van der Waals surface area contributed by atoms with E-state index < -0.39 is 0 Å². The van der Waals surface area contributed by atoms with Crippen LogP contribution < -0.4 is 0 Å². The fourth-order valence-corrected chi connectivity index (χ4v) is 2.55. The molecule has 1 unspecified atom stereocenters. The molecule has 1 heterocycles. The number of rotatable bonds is 6. The first kappa shape index (κ1) is 14.4. The van der Waals surface area contributed by atoms with Crippen molar-refractivity contribution in [2.24, 2.45) is 0 Å². The molecule has 0 radical (unpaired) electrons. The van der Waals surface area contributed by atoms with Gasteiger partial charge in [0.25, 0.3) is 0 Å². The van der Waals surface area contributed by atoms with Gasteiger partial charge in [-0.2, -0.15) is 0 Å². The molecule has 20 heavy (non-hydrogen) atoms. The van der Waals surface area contributed by atoms with Crippen molar-refractivity contribution in [3.63, 3.8) is 0 Å². The number of likely N-dealkylation sites (tertiary alicyclic amines) is 1. The summed E-state index contributed by atoms with van der Waals surface area (Å²) in [6.07, 6.45) is 11.0. The number of benzene rings is 1. The first-order valence-corrected chi connectivity index (χ1v) is 7.23. The van der Waals surface area contributed by atoms with Crippen LogP contribution in [0.1, 0.15) is 31.7 Å². The van der Waals surface area contributed by atoms with E-state index in [2.05, 4.69) is 25.0 Å². The Morgan fingerprint density at radius 1 is 1.45 bits per heavy atom. The van der Waals surface area contributed by atoms with Gasteiger partial charge >= 0.3 is 0 Å². The standard InChI is InChI=1S/C18H21NO/c1-3-8-15(4-2)11-12-19-17(14-18(19)20)13-16-9-6-5-7-10-16/h2,5-7,9-11,17H,3,8,12-14H2,1H3/b15-11+. The molecule has 0 N–H and O–H groups in total. The molecule has 104 valence electrons. The average Bonchev–Trinajstić information content (AvgIpc) is 2.47. The van der Waals surface area contributed by atoms with Crippen molar-refractivity contribution in [2.75, 3.05) is 6.54 Å². The molecular weight excluding hydrogens is 246 g/mol. The van der Waals surface area contributed by atoms with Crippen LogP contribution in [0, 0.1) is 12.3 Å². The van der Waals surface area contributed by atoms with Gasteiger partial charge in [-0.05, 0) is 24.0 Å². The van der Waals surface area contributed by atoms with Crippen molar-refractivity contribution in [3.8, 4) is 12.3 Å². The van der Waals surface area contributed by atoms with Crippen molar-refractivity contribution in [3.05, 3.63) is 47.5 Å². The summed E-state index contributed by atoms with van der Waals surface area (Å²) in [6.45, 7) is 2.76. The minimum absolute atomic E-state index is 0.232. The fraction of sp³-hybridized carbons (Fsp3) is 0.389. The Bertz CT molecular complexity index is 524. The second-order valence-corrected chi connectivity index (χ2v) is 5.22. The van der Waals surface area contributed by atoms with Gasteiger partial charge in [0.05, 0.1) is 0 Å². The van der Waals surface area contributed by atoms with Crippen LogP contribution in [0.4, 0.5) is 0 Å². The zero-order valence-corrected chi connectivity index (χ0v) is 12.0. The minimum Gasteiger partial charge on any atom is -0.335 e. The van der Waals surface area contributed by atoms with Crippen molar-refractivity contribution in [2.45, 2.75) is 38.6 Å². The Hall–Kier alpha value is -2.01. The van der Waals surface area contributed by atoms with Gasteiger partial charge in [0.15, 0.2) is 0 Å². The van der Waals surface area contributed by atoms with Crippen LogP contribution in [-0.2, 0) is 11.2 Å². The summed E-state index contributed by atoms with van der Waals surface area (Å²) in [4.78, 5) is 13.7. The quantitative estimate of drug-likeness (QED) is 0.572. The molecule has 0 aromatic heterocycles.